The minimum Gasteiger partial charge on any atom is -0.497 e. The molecule has 1 aliphatic heterocycles. The first-order valence-corrected chi connectivity index (χ1v) is 16.2. The number of aromatic nitrogens is 1. The number of hydrogen-bond donors (Lipinski definition) is 2. The van der Waals surface area contributed by atoms with Gasteiger partial charge in [0, 0.05) is 17.1 Å². The third-order valence-corrected chi connectivity index (χ3v) is 8.35. The Balaban J connectivity index is 0.000000150. The van der Waals surface area contributed by atoms with Crippen LogP contribution in [-0.4, -0.2) is 48.7 Å². The van der Waals surface area contributed by atoms with E-state index in [-0.39, 0.29) is 0 Å². The summed E-state index contributed by atoms with van der Waals surface area (Å²) in [5.41, 5.74) is 7.00. The molecule has 0 unspecified atom stereocenters. The summed E-state index contributed by atoms with van der Waals surface area (Å²) < 4.78 is 15.9. The van der Waals surface area contributed by atoms with Crippen LogP contribution < -0.4 is 15.2 Å². The quantitative estimate of drug-likeness (QED) is 0.181. The standard InChI is InChI=1S/C19H21NO.C14H14O3.C7H4ClNO2/c1-20(2)13-7-11-17-16-9-4-3-8-15(16)14-21-19-12-6-5-10-18(17)19;1-9(14(15)16)10-3-4-12-8-13(17-2)6-5-11(12)7-10;8-4-1-2-6-5(3-4)9-7(10)11-6/h3-6,8-12H,7,13-14H2,1-2H3;3-9H,1-2H3,(H,15,16);1-3H,(H,9,10)/t;9-;/m.0./s1. The molecule has 0 saturated heterocycles. The summed E-state index contributed by atoms with van der Waals surface area (Å²) in [6.45, 7) is 3.37. The van der Waals surface area contributed by atoms with Gasteiger partial charge in [0.2, 0.25) is 0 Å². The molecule has 9 heteroatoms. The van der Waals surface area contributed by atoms with E-state index < -0.39 is 17.6 Å². The summed E-state index contributed by atoms with van der Waals surface area (Å²) in [6, 6.07) is 33.2. The van der Waals surface area contributed by atoms with Gasteiger partial charge in [-0.1, -0.05) is 84.4 Å². The second-order valence-electron chi connectivity index (χ2n) is 11.8. The third-order valence-electron chi connectivity index (χ3n) is 8.12. The minimum atomic E-state index is -0.808. The molecule has 0 amide bonds. The largest absolute Gasteiger partial charge is 0.497 e. The van der Waals surface area contributed by atoms with Crippen molar-refractivity contribution >= 4 is 45.0 Å². The second kappa shape index (κ2) is 16.2. The number of halogens is 1. The predicted octanol–water partition coefficient (Wildman–Crippen LogP) is 8.77. The number of aromatic amines is 1. The van der Waals surface area contributed by atoms with Gasteiger partial charge in [-0.2, -0.15) is 0 Å². The van der Waals surface area contributed by atoms with E-state index in [0.717, 1.165) is 40.8 Å². The molecule has 0 radical (unpaired) electrons. The van der Waals surface area contributed by atoms with Gasteiger partial charge in [-0.15, -0.1) is 0 Å². The number of aliphatic carboxylic acids is 1. The van der Waals surface area contributed by atoms with Crippen LogP contribution in [0.2, 0.25) is 5.02 Å². The van der Waals surface area contributed by atoms with E-state index >= 15 is 0 Å². The highest BCUT2D eigenvalue weighted by molar-refractivity contribution is 6.31. The van der Waals surface area contributed by atoms with E-state index in [1.165, 1.54) is 22.3 Å². The van der Waals surface area contributed by atoms with E-state index in [9.17, 15) is 9.59 Å². The van der Waals surface area contributed by atoms with Crippen LogP contribution in [0.25, 0.3) is 27.4 Å². The zero-order valence-corrected chi connectivity index (χ0v) is 28.7. The van der Waals surface area contributed by atoms with Crippen molar-refractivity contribution in [3.63, 3.8) is 0 Å². The van der Waals surface area contributed by atoms with Crippen LogP contribution in [0.3, 0.4) is 0 Å². The first-order chi connectivity index (χ1) is 23.6. The van der Waals surface area contributed by atoms with Gasteiger partial charge in [0.1, 0.15) is 18.1 Å². The average molecular weight is 679 g/mol. The number of benzene rings is 5. The molecule has 2 heterocycles. The van der Waals surface area contributed by atoms with Crippen LogP contribution in [0.15, 0.2) is 118 Å². The summed E-state index contributed by atoms with van der Waals surface area (Å²) in [6.07, 6.45) is 3.37. The number of nitrogens with zero attached hydrogens (tertiary/aromatic N) is 1. The number of oxazole rings is 1. The molecule has 0 aliphatic carbocycles. The van der Waals surface area contributed by atoms with Crippen molar-refractivity contribution in [1.82, 2.24) is 9.88 Å². The van der Waals surface area contributed by atoms with Crippen LogP contribution in [0, 0.1) is 0 Å². The zero-order chi connectivity index (χ0) is 34.9. The van der Waals surface area contributed by atoms with Gasteiger partial charge in [-0.25, -0.2) is 4.79 Å². The summed E-state index contributed by atoms with van der Waals surface area (Å²) in [7, 11) is 5.84. The number of carbonyl (C=O) groups is 1. The molecular weight excluding hydrogens is 640 g/mol. The number of H-pyrrole nitrogens is 1. The molecule has 0 fully saturated rings. The highest BCUT2D eigenvalue weighted by atomic mass is 35.5. The highest BCUT2D eigenvalue weighted by Gasteiger charge is 2.18. The molecule has 0 bridgehead atoms. The van der Waals surface area contributed by atoms with Crippen molar-refractivity contribution in [2.45, 2.75) is 25.9 Å². The molecule has 7 rings (SSSR count). The number of para-hydroxylation sites is 1. The van der Waals surface area contributed by atoms with Crippen molar-refractivity contribution in [3.8, 4) is 11.5 Å². The maximum absolute atomic E-state index is 10.9. The number of rotatable bonds is 6. The van der Waals surface area contributed by atoms with Crippen LogP contribution >= 0.6 is 11.6 Å². The average Bonchev–Trinajstić information content (AvgIpc) is 3.40. The van der Waals surface area contributed by atoms with Crippen molar-refractivity contribution in [2.75, 3.05) is 27.7 Å². The number of methoxy groups -OCH3 is 1. The highest BCUT2D eigenvalue weighted by Crippen LogP contribution is 2.36. The Labute approximate surface area is 290 Å². The van der Waals surface area contributed by atoms with E-state index in [1.807, 2.05) is 42.5 Å². The number of nitrogens with one attached hydrogen (secondary N) is 1. The Kier molecular flexibility index (Phi) is 11.6. The number of carboxylic acids is 1. The van der Waals surface area contributed by atoms with E-state index in [1.54, 1.807) is 32.2 Å². The number of ether oxygens (including phenoxy) is 2. The lowest BCUT2D eigenvalue weighted by Gasteiger charge is -2.12. The van der Waals surface area contributed by atoms with Crippen LogP contribution in [0.4, 0.5) is 0 Å². The van der Waals surface area contributed by atoms with Crippen molar-refractivity contribution < 1.29 is 23.8 Å². The number of fused-ring (bicyclic) bond motifs is 4. The first kappa shape index (κ1) is 35.0. The Morgan fingerprint density at radius 2 is 1.67 bits per heavy atom. The molecule has 252 valence electrons. The van der Waals surface area contributed by atoms with Crippen molar-refractivity contribution in [2.24, 2.45) is 0 Å². The van der Waals surface area contributed by atoms with Crippen molar-refractivity contribution in [3.05, 3.63) is 147 Å². The monoisotopic (exact) mass is 678 g/mol. The van der Waals surface area contributed by atoms with E-state index in [4.69, 9.17) is 30.6 Å². The maximum Gasteiger partial charge on any atom is 0.417 e. The van der Waals surface area contributed by atoms with Gasteiger partial charge in [0.25, 0.3) is 0 Å². The van der Waals surface area contributed by atoms with Crippen LogP contribution in [0.1, 0.15) is 41.5 Å². The van der Waals surface area contributed by atoms with E-state index in [2.05, 4.69) is 72.5 Å². The predicted molar refractivity (Wildman–Crippen MR) is 196 cm³/mol. The first-order valence-electron chi connectivity index (χ1n) is 15.9. The van der Waals surface area contributed by atoms with Gasteiger partial charge in [-0.05, 0) is 96.9 Å². The molecular formula is C40H39ClN2O6. The summed E-state index contributed by atoms with van der Waals surface area (Å²) in [4.78, 5) is 26.3. The minimum absolute atomic E-state index is 0.456. The molecule has 5 aromatic carbocycles. The summed E-state index contributed by atoms with van der Waals surface area (Å²) in [5, 5.41) is 11.6. The van der Waals surface area contributed by atoms with Gasteiger partial charge in [0.15, 0.2) is 5.58 Å². The van der Waals surface area contributed by atoms with Crippen molar-refractivity contribution in [1.29, 1.82) is 0 Å². The molecule has 1 aliphatic rings. The lowest BCUT2D eigenvalue weighted by atomic mass is 9.93. The molecule has 8 nitrogen and oxygen atoms in total. The lowest BCUT2D eigenvalue weighted by Crippen LogP contribution is -2.12. The molecule has 1 atom stereocenters. The normalized spacial score (nSPS) is 13.2. The van der Waals surface area contributed by atoms with Gasteiger partial charge < -0.3 is 23.9 Å². The Morgan fingerprint density at radius 3 is 2.43 bits per heavy atom. The Bertz CT molecular complexity index is 2100. The SMILES string of the molecule is CN(C)CCC=C1c2ccccc2COc2ccccc21.COc1ccc2cc([C@H](C)C(=O)O)ccc2c1.O=c1[nH]c2cc(Cl)ccc2o1. The second-order valence-corrected chi connectivity index (χ2v) is 12.3. The third kappa shape index (κ3) is 8.99. The molecule has 49 heavy (non-hydrogen) atoms. The van der Waals surface area contributed by atoms with Crippen LogP contribution in [0.5, 0.6) is 11.5 Å². The fourth-order valence-corrected chi connectivity index (χ4v) is 5.59. The fraction of sp³-hybridized carbons (Fsp3) is 0.200. The van der Waals surface area contributed by atoms with Gasteiger partial charge >= 0.3 is 11.7 Å². The topological polar surface area (TPSA) is 105 Å². The lowest BCUT2D eigenvalue weighted by molar-refractivity contribution is -0.138. The molecule has 0 spiro atoms. The summed E-state index contributed by atoms with van der Waals surface area (Å²) in [5.74, 6) is 0.0305. The van der Waals surface area contributed by atoms with E-state index in [0.29, 0.717) is 22.7 Å². The summed E-state index contributed by atoms with van der Waals surface area (Å²) >= 11 is 5.66. The molecule has 1 aromatic heterocycles. The van der Waals surface area contributed by atoms with Crippen LogP contribution in [-0.2, 0) is 11.4 Å². The Hall–Kier alpha value is -5.31. The van der Waals surface area contributed by atoms with Gasteiger partial charge in [0.05, 0.1) is 18.5 Å². The zero-order valence-electron chi connectivity index (χ0n) is 27.9. The maximum atomic E-state index is 10.9. The van der Waals surface area contributed by atoms with Gasteiger partial charge in [-0.3, -0.25) is 9.78 Å². The molecule has 6 aromatic rings. The Morgan fingerprint density at radius 1 is 0.959 bits per heavy atom. The number of hydrogen-bond acceptors (Lipinski definition) is 6. The smallest absolute Gasteiger partial charge is 0.417 e. The molecule has 0 saturated carbocycles. The fourth-order valence-electron chi connectivity index (χ4n) is 5.42. The number of carboxylic acid groups (broad SMARTS) is 1. The molecule has 2 N–H and O–H groups in total.